The Labute approximate surface area is 193 Å². The van der Waals surface area contributed by atoms with E-state index in [9.17, 15) is 4.79 Å². The maximum atomic E-state index is 12.0. The number of benzene rings is 2. The fraction of sp³-hybridized carbons (Fsp3) is 0.462. The van der Waals surface area contributed by atoms with Crippen LogP contribution in [0.2, 0.25) is 0 Å². The van der Waals surface area contributed by atoms with E-state index in [0.29, 0.717) is 12.1 Å². The molecular weight excluding hydrogens is 398 g/mol. The van der Waals surface area contributed by atoms with Gasteiger partial charge in [0.05, 0.1) is 0 Å². The number of guanidine groups is 1. The smallest absolute Gasteiger partial charge is 0.253 e. The molecule has 0 aromatic heterocycles. The summed E-state index contributed by atoms with van der Waals surface area (Å²) in [5.74, 6) is 0.772. The van der Waals surface area contributed by atoms with Crippen molar-refractivity contribution in [3.63, 3.8) is 0 Å². The summed E-state index contributed by atoms with van der Waals surface area (Å²) in [4.78, 5) is 18.0. The Hall–Kier alpha value is -2.86. The Morgan fingerprint density at radius 1 is 1.00 bits per heavy atom. The molecule has 0 aliphatic rings. The Morgan fingerprint density at radius 3 is 2.16 bits per heavy atom. The second-order valence-corrected chi connectivity index (χ2v) is 8.44. The molecule has 0 heterocycles. The van der Waals surface area contributed by atoms with Gasteiger partial charge in [-0.3, -0.25) is 9.79 Å². The molecule has 6 nitrogen and oxygen atoms in total. The van der Waals surface area contributed by atoms with Crippen molar-refractivity contribution in [1.82, 2.24) is 20.9 Å². The second kappa shape index (κ2) is 12.2. The topological polar surface area (TPSA) is 68.8 Å². The minimum absolute atomic E-state index is 0.00897. The zero-order chi connectivity index (χ0) is 23.6. The van der Waals surface area contributed by atoms with Crippen molar-refractivity contribution in [2.75, 3.05) is 27.7 Å². The molecule has 0 bridgehead atoms. The third-order valence-electron chi connectivity index (χ3n) is 6.06. The van der Waals surface area contributed by atoms with Crippen LogP contribution in [0, 0.1) is 0 Å². The van der Waals surface area contributed by atoms with Crippen molar-refractivity contribution >= 4 is 11.9 Å². The molecule has 0 radical (unpaired) electrons. The van der Waals surface area contributed by atoms with Gasteiger partial charge in [-0.1, -0.05) is 56.3 Å². The van der Waals surface area contributed by atoms with Crippen molar-refractivity contribution in [1.29, 1.82) is 0 Å². The quantitative estimate of drug-likeness (QED) is 0.389. The van der Waals surface area contributed by atoms with E-state index in [4.69, 9.17) is 0 Å². The maximum absolute atomic E-state index is 12.0. The molecule has 1 unspecified atom stereocenters. The van der Waals surface area contributed by atoms with Gasteiger partial charge in [-0.15, -0.1) is 0 Å². The molecule has 2 aromatic rings. The van der Waals surface area contributed by atoms with Crippen LogP contribution < -0.4 is 16.0 Å². The molecule has 0 spiro atoms. The van der Waals surface area contributed by atoms with Gasteiger partial charge in [-0.25, -0.2) is 0 Å². The number of nitrogens with zero attached hydrogens (tertiary/aromatic N) is 2. The van der Waals surface area contributed by atoms with E-state index in [0.717, 1.165) is 30.9 Å². The molecule has 174 valence electrons. The van der Waals surface area contributed by atoms with Crippen LogP contribution in [-0.2, 0) is 6.54 Å². The third-order valence-corrected chi connectivity index (χ3v) is 6.06. The lowest BCUT2D eigenvalue weighted by molar-refractivity contribution is 0.0827. The molecule has 6 heteroatoms. The van der Waals surface area contributed by atoms with Crippen LogP contribution in [0.3, 0.4) is 0 Å². The first-order valence-corrected chi connectivity index (χ1v) is 11.4. The first kappa shape index (κ1) is 25.4. The molecule has 2 aromatic carbocycles. The van der Waals surface area contributed by atoms with Crippen molar-refractivity contribution in [3.8, 4) is 0 Å². The minimum atomic E-state index is -0.0406. The van der Waals surface area contributed by atoms with E-state index in [2.05, 4.69) is 66.0 Å². The summed E-state index contributed by atoms with van der Waals surface area (Å²) in [6, 6.07) is 18.5. The molecular formula is C26H39N5O. The minimum Gasteiger partial charge on any atom is -0.355 e. The SMILES string of the molecule is CCC(CC)(CNC(=NC)NCc1ccc(C(=O)N(C)C)cc1)NC(C)c1ccccc1. The Morgan fingerprint density at radius 2 is 1.62 bits per heavy atom. The molecule has 0 aliphatic carbocycles. The molecule has 0 saturated heterocycles. The van der Waals surface area contributed by atoms with Gasteiger partial charge >= 0.3 is 0 Å². The van der Waals surface area contributed by atoms with E-state index >= 15 is 0 Å². The third kappa shape index (κ3) is 7.09. The van der Waals surface area contributed by atoms with E-state index in [1.807, 2.05) is 30.3 Å². The van der Waals surface area contributed by atoms with Crippen LogP contribution in [0.15, 0.2) is 59.6 Å². The number of hydrogen-bond donors (Lipinski definition) is 3. The van der Waals surface area contributed by atoms with Crippen LogP contribution in [0.1, 0.15) is 61.1 Å². The summed E-state index contributed by atoms with van der Waals surface area (Å²) < 4.78 is 0. The van der Waals surface area contributed by atoms with Crippen LogP contribution >= 0.6 is 0 Å². The molecule has 1 amide bonds. The fourth-order valence-corrected chi connectivity index (χ4v) is 3.72. The van der Waals surface area contributed by atoms with Crippen molar-refractivity contribution in [3.05, 3.63) is 71.3 Å². The predicted octanol–water partition coefficient (Wildman–Crippen LogP) is 3.96. The molecule has 1 atom stereocenters. The lowest BCUT2D eigenvalue weighted by Crippen LogP contribution is -2.55. The van der Waals surface area contributed by atoms with Crippen LogP contribution in [0.4, 0.5) is 0 Å². The van der Waals surface area contributed by atoms with Crippen LogP contribution in [0.5, 0.6) is 0 Å². The number of carbonyl (C=O) groups is 1. The normalized spacial score (nSPS) is 12.9. The Kier molecular flexibility index (Phi) is 9.72. The first-order valence-electron chi connectivity index (χ1n) is 11.4. The van der Waals surface area contributed by atoms with Gasteiger partial charge in [-0.05, 0) is 43.0 Å². The van der Waals surface area contributed by atoms with Crippen LogP contribution in [0.25, 0.3) is 0 Å². The molecule has 32 heavy (non-hydrogen) atoms. The summed E-state index contributed by atoms with van der Waals surface area (Å²) in [6.07, 6.45) is 2.01. The molecule has 0 fully saturated rings. The van der Waals surface area contributed by atoms with Gasteiger partial charge in [0, 0.05) is 51.4 Å². The Bertz CT molecular complexity index is 858. The van der Waals surface area contributed by atoms with Gasteiger partial charge < -0.3 is 20.9 Å². The number of hydrogen-bond acceptors (Lipinski definition) is 3. The van der Waals surface area contributed by atoms with E-state index in [-0.39, 0.29) is 17.5 Å². The fourth-order valence-electron chi connectivity index (χ4n) is 3.72. The molecule has 2 rings (SSSR count). The van der Waals surface area contributed by atoms with Gasteiger partial charge in [0.1, 0.15) is 0 Å². The van der Waals surface area contributed by atoms with Gasteiger partial charge in [-0.2, -0.15) is 0 Å². The highest BCUT2D eigenvalue weighted by molar-refractivity contribution is 5.93. The first-order chi connectivity index (χ1) is 15.3. The largest absolute Gasteiger partial charge is 0.355 e. The summed E-state index contributed by atoms with van der Waals surface area (Å²) in [6.45, 7) is 8.07. The lowest BCUT2D eigenvalue weighted by atomic mass is 9.90. The van der Waals surface area contributed by atoms with Gasteiger partial charge in [0.25, 0.3) is 5.91 Å². The summed E-state index contributed by atoms with van der Waals surface area (Å²) in [5, 5.41) is 10.7. The van der Waals surface area contributed by atoms with Crippen LogP contribution in [-0.4, -0.2) is 50.0 Å². The molecule has 3 N–H and O–H groups in total. The van der Waals surface area contributed by atoms with Crippen molar-refractivity contribution in [2.24, 2.45) is 4.99 Å². The zero-order valence-electron chi connectivity index (χ0n) is 20.4. The Balaban J connectivity index is 1.94. The summed E-state index contributed by atoms with van der Waals surface area (Å²) in [5.41, 5.74) is 3.03. The monoisotopic (exact) mass is 437 g/mol. The average Bonchev–Trinajstić information content (AvgIpc) is 2.83. The highest BCUT2D eigenvalue weighted by atomic mass is 16.2. The highest BCUT2D eigenvalue weighted by Gasteiger charge is 2.28. The second-order valence-electron chi connectivity index (χ2n) is 8.44. The van der Waals surface area contributed by atoms with E-state index in [1.165, 1.54) is 5.56 Å². The number of rotatable bonds is 10. The van der Waals surface area contributed by atoms with Gasteiger partial charge in [0.15, 0.2) is 5.96 Å². The lowest BCUT2D eigenvalue weighted by Gasteiger charge is -2.37. The standard InChI is InChI=1S/C26H39N5O/c1-7-26(8-2,30-20(3)22-12-10-9-11-13-22)19-29-25(27-4)28-18-21-14-16-23(17-15-21)24(32)31(5)6/h9-17,20,30H,7-8,18-19H2,1-6H3,(H2,27,28,29). The van der Waals surface area contributed by atoms with E-state index < -0.39 is 0 Å². The summed E-state index contributed by atoms with van der Waals surface area (Å²) in [7, 11) is 5.30. The van der Waals surface area contributed by atoms with Crippen molar-refractivity contribution in [2.45, 2.75) is 51.7 Å². The maximum Gasteiger partial charge on any atom is 0.253 e. The average molecular weight is 438 g/mol. The van der Waals surface area contributed by atoms with E-state index in [1.54, 1.807) is 26.0 Å². The highest BCUT2D eigenvalue weighted by Crippen LogP contribution is 2.21. The van der Waals surface area contributed by atoms with Crippen molar-refractivity contribution < 1.29 is 4.79 Å². The number of carbonyl (C=O) groups excluding carboxylic acids is 1. The number of nitrogens with one attached hydrogen (secondary N) is 3. The number of aliphatic imine (C=N–C) groups is 1. The van der Waals surface area contributed by atoms with Gasteiger partial charge in [0.2, 0.25) is 0 Å². The molecule has 0 aliphatic heterocycles. The zero-order valence-corrected chi connectivity index (χ0v) is 20.4. The molecule has 0 saturated carbocycles. The summed E-state index contributed by atoms with van der Waals surface area (Å²) >= 11 is 0. The predicted molar refractivity (Wildman–Crippen MR) is 134 cm³/mol. The number of amides is 1.